The molecule has 0 aliphatic rings. The number of thiazole rings is 1. The lowest BCUT2D eigenvalue weighted by atomic mass is 10.1. The third-order valence-electron chi connectivity index (χ3n) is 2.57. The van der Waals surface area contributed by atoms with Crippen molar-refractivity contribution in [3.05, 3.63) is 41.0 Å². The van der Waals surface area contributed by atoms with E-state index in [0.717, 1.165) is 18.8 Å². The fourth-order valence-electron chi connectivity index (χ4n) is 1.84. The summed E-state index contributed by atoms with van der Waals surface area (Å²) in [6, 6.07) is 10.5. The molecule has 0 fully saturated rings. The van der Waals surface area contributed by atoms with E-state index in [2.05, 4.69) is 48.6 Å². The van der Waals surface area contributed by atoms with Crippen LogP contribution in [0.2, 0.25) is 0 Å². The van der Waals surface area contributed by atoms with Crippen LogP contribution >= 0.6 is 11.3 Å². The van der Waals surface area contributed by atoms with Gasteiger partial charge in [0.05, 0.1) is 10.6 Å². The van der Waals surface area contributed by atoms with E-state index in [1.807, 2.05) is 13.1 Å². The van der Waals surface area contributed by atoms with Crippen LogP contribution in [0, 0.1) is 0 Å². The molecule has 96 valence electrons. The van der Waals surface area contributed by atoms with Crippen LogP contribution in [-0.4, -0.2) is 31.0 Å². The van der Waals surface area contributed by atoms with Gasteiger partial charge in [0.2, 0.25) is 0 Å². The van der Waals surface area contributed by atoms with Crippen molar-refractivity contribution in [3.63, 3.8) is 0 Å². The first-order valence-corrected chi connectivity index (χ1v) is 6.85. The molecule has 1 heterocycles. The van der Waals surface area contributed by atoms with Crippen molar-refractivity contribution in [1.29, 1.82) is 0 Å². The van der Waals surface area contributed by atoms with Gasteiger partial charge in [-0.15, -0.1) is 11.3 Å². The summed E-state index contributed by atoms with van der Waals surface area (Å²) >= 11 is 1.79. The molecular weight excluding hydrogens is 242 g/mol. The zero-order valence-corrected chi connectivity index (χ0v) is 11.9. The molecule has 2 aromatic rings. The third-order valence-corrected chi connectivity index (χ3v) is 3.70. The molecule has 0 unspecified atom stereocenters. The number of nitrogens with one attached hydrogen (secondary N) is 1. The van der Waals surface area contributed by atoms with Crippen molar-refractivity contribution in [2.75, 3.05) is 21.1 Å². The number of aromatic nitrogens is 1. The molecule has 0 saturated heterocycles. The van der Waals surface area contributed by atoms with E-state index in [0.29, 0.717) is 0 Å². The van der Waals surface area contributed by atoms with E-state index < -0.39 is 0 Å². The summed E-state index contributed by atoms with van der Waals surface area (Å²) in [5, 5.41) is 4.36. The Morgan fingerprint density at radius 1 is 1.22 bits per heavy atom. The molecule has 0 radical (unpaired) electrons. The van der Waals surface area contributed by atoms with Gasteiger partial charge < -0.3 is 10.2 Å². The first-order chi connectivity index (χ1) is 8.70. The van der Waals surface area contributed by atoms with E-state index >= 15 is 0 Å². The standard InChI is InChI=1S/C14H19N3S/c1-15-9-12-14(11-7-5-4-6-8-11)18-13(16-12)10-17(2)3/h4-8,15H,9-10H2,1-3H3. The Bertz CT molecular complexity index is 491. The number of hydrogen-bond donors (Lipinski definition) is 1. The summed E-state index contributed by atoms with van der Waals surface area (Å²) in [6.07, 6.45) is 0. The van der Waals surface area contributed by atoms with E-state index in [9.17, 15) is 0 Å². The zero-order valence-electron chi connectivity index (χ0n) is 11.1. The molecule has 1 aromatic carbocycles. The van der Waals surface area contributed by atoms with Gasteiger partial charge in [-0.1, -0.05) is 30.3 Å². The maximum atomic E-state index is 4.73. The second kappa shape index (κ2) is 6.09. The number of hydrogen-bond acceptors (Lipinski definition) is 4. The third kappa shape index (κ3) is 3.16. The lowest BCUT2D eigenvalue weighted by Gasteiger charge is -2.04. The van der Waals surface area contributed by atoms with E-state index in [1.165, 1.54) is 15.4 Å². The molecule has 3 nitrogen and oxygen atoms in total. The van der Waals surface area contributed by atoms with Gasteiger partial charge in [0.1, 0.15) is 5.01 Å². The van der Waals surface area contributed by atoms with Crippen molar-refractivity contribution in [2.45, 2.75) is 13.1 Å². The maximum absolute atomic E-state index is 4.73. The highest BCUT2D eigenvalue weighted by molar-refractivity contribution is 7.15. The number of nitrogens with zero attached hydrogens (tertiary/aromatic N) is 2. The van der Waals surface area contributed by atoms with E-state index in [4.69, 9.17) is 4.98 Å². The summed E-state index contributed by atoms with van der Waals surface area (Å²) in [7, 11) is 6.10. The predicted molar refractivity (Wildman–Crippen MR) is 77.7 cm³/mol. The Morgan fingerprint density at radius 3 is 2.56 bits per heavy atom. The van der Waals surface area contributed by atoms with Crippen LogP contribution in [0.1, 0.15) is 10.7 Å². The molecule has 0 saturated carbocycles. The Kier molecular flexibility index (Phi) is 4.47. The molecule has 0 amide bonds. The maximum Gasteiger partial charge on any atom is 0.108 e. The highest BCUT2D eigenvalue weighted by Gasteiger charge is 2.12. The summed E-state index contributed by atoms with van der Waals surface area (Å²) in [4.78, 5) is 8.16. The van der Waals surface area contributed by atoms with Crippen LogP contribution in [0.3, 0.4) is 0 Å². The summed E-state index contributed by atoms with van der Waals surface area (Å²) < 4.78 is 0. The topological polar surface area (TPSA) is 28.2 Å². The van der Waals surface area contributed by atoms with Crippen LogP contribution in [0.15, 0.2) is 30.3 Å². The minimum atomic E-state index is 0.814. The quantitative estimate of drug-likeness (QED) is 0.896. The van der Waals surface area contributed by atoms with Crippen molar-refractivity contribution < 1.29 is 0 Å². The summed E-state index contributed by atoms with van der Waals surface area (Å²) in [5.74, 6) is 0. The molecule has 0 bridgehead atoms. The SMILES string of the molecule is CNCc1nc(CN(C)C)sc1-c1ccccc1. The van der Waals surface area contributed by atoms with Crippen LogP contribution in [-0.2, 0) is 13.1 Å². The molecule has 0 atom stereocenters. The average Bonchev–Trinajstić information content (AvgIpc) is 2.73. The minimum Gasteiger partial charge on any atom is -0.314 e. The molecule has 1 aromatic heterocycles. The smallest absolute Gasteiger partial charge is 0.108 e. The van der Waals surface area contributed by atoms with Gasteiger partial charge in [-0.3, -0.25) is 0 Å². The second-order valence-corrected chi connectivity index (χ2v) is 5.60. The van der Waals surface area contributed by atoms with Crippen LogP contribution in [0.4, 0.5) is 0 Å². The Balaban J connectivity index is 2.35. The van der Waals surface area contributed by atoms with Gasteiger partial charge in [-0.05, 0) is 26.7 Å². The number of benzene rings is 1. The van der Waals surface area contributed by atoms with Crippen LogP contribution in [0.25, 0.3) is 10.4 Å². The van der Waals surface area contributed by atoms with Gasteiger partial charge in [0, 0.05) is 13.1 Å². The minimum absolute atomic E-state index is 0.814. The first kappa shape index (κ1) is 13.2. The van der Waals surface area contributed by atoms with Gasteiger partial charge in [0.25, 0.3) is 0 Å². The van der Waals surface area contributed by atoms with Crippen molar-refractivity contribution in [2.24, 2.45) is 0 Å². The monoisotopic (exact) mass is 261 g/mol. The molecule has 18 heavy (non-hydrogen) atoms. The predicted octanol–water partition coefficient (Wildman–Crippen LogP) is 2.59. The van der Waals surface area contributed by atoms with E-state index in [1.54, 1.807) is 11.3 Å². The number of rotatable bonds is 5. The Hall–Kier alpha value is -1.23. The molecule has 0 aliphatic heterocycles. The molecular formula is C14H19N3S. The molecule has 0 spiro atoms. The molecule has 4 heteroatoms. The largest absolute Gasteiger partial charge is 0.314 e. The fraction of sp³-hybridized carbons (Fsp3) is 0.357. The highest BCUT2D eigenvalue weighted by Crippen LogP contribution is 2.30. The van der Waals surface area contributed by atoms with Gasteiger partial charge >= 0.3 is 0 Å². The molecule has 0 aliphatic carbocycles. The lowest BCUT2D eigenvalue weighted by Crippen LogP contribution is -2.11. The highest BCUT2D eigenvalue weighted by atomic mass is 32.1. The van der Waals surface area contributed by atoms with Crippen molar-refractivity contribution >= 4 is 11.3 Å². The lowest BCUT2D eigenvalue weighted by molar-refractivity contribution is 0.401. The van der Waals surface area contributed by atoms with Gasteiger partial charge in [0.15, 0.2) is 0 Å². The zero-order chi connectivity index (χ0) is 13.0. The van der Waals surface area contributed by atoms with Crippen molar-refractivity contribution in [3.8, 4) is 10.4 Å². The Morgan fingerprint density at radius 2 is 1.94 bits per heavy atom. The first-order valence-electron chi connectivity index (χ1n) is 6.04. The summed E-state index contributed by atoms with van der Waals surface area (Å²) in [5.41, 5.74) is 2.40. The van der Waals surface area contributed by atoms with Crippen LogP contribution < -0.4 is 5.32 Å². The summed E-state index contributed by atoms with van der Waals surface area (Å²) in [6.45, 7) is 1.71. The normalized spacial score (nSPS) is 11.1. The average molecular weight is 261 g/mol. The fourth-order valence-corrected chi connectivity index (χ4v) is 3.05. The second-order valence-electron chi connectivity index (χ2n) is 4.52. The van der Waals surface area contributed by atoms with Crippen LogP contribution in [0.5, 0.6) is 0 Å². The van der Waals surface area contributed by atoms with Gasteiger partial charge in [-0.2, -0.15) is 0 Å². The molecule has 2 rings (SSSR count). The van der Waals surface area contributed by atoms with E-state index in [-0.39, 0.29) is 0 Å². The Labute approximate surface area is 112 Å². The molecule has 1 N–H and O–H groups in total. The van der Waals surface area contributed by atoms with Gasteiger partial charge in [-0.25, -0.2) is 4.98 Å². The van der Waals surface area contributed by atoms with Crippen molar-refractivity contribution in [1.82, 2.24) is 15.2 Å².